The average molecular weight is 284 g/mol. The van der Waals surface area contributed by atoms with Crippen molar-refractivity contribution in [2.45, 2.75) is 31.7 Å². The van der Waals surface area contributed by atoms with E-state index in [9.17, 15) is 4.79 Å². The topological polar surface area (TPSA) is 29.1 Å². The number of halogens is 2. The predicted octanol–water partition coefficient (Wildman–Crippen LogP) is 4.07. The fourth-order valence-electron chi connectivity index (χ4n) is 2.12. The number of rotatable bonds is 3. The Morgan fingerprint density at radius 3 is 2.67 bits per heavy atom. The third-order valence-corrected chi connectivity index (χ3v) is 3.64. The van der Waals surface area contributed by atoms with E-state index in [1.165, 1.54) is 18.9 Å². The van der Waals surface area contributed by atoms with Crippen LogP contribution in [0.1, 0.15) is 31.2 Å². The molecule has 1 aromatic carbocycles. The first-order valence-corrected chi connectivity index (χ1v) is 6.84. The lowest BCUT2D eigenvalue weighted by atomic mass is 10.2. The summed E-state index contributed by atoms with van der Waals surface area (Å²) in [5, 5.41) is 4.12. The van der Waals surface area contributed by atoms with Gasteiger partial charge in [-0.15, -0.1) is 0 Å². The number of carbonyl (C=O) groups is 1. The predicted molar refractivity (Wildman–Crippen MR) is 75.9 cm³/mol. The molecule has 0 aliphatic heterocycles. The molecule has 0 radical (unpaired) electrons. The highest BCUT2D eigenvalue weighted by molar-refractivity contribution is 6.35. The molecule has 0 spiro atoms. The van der Waals surface area contributed by atoms with Crippen molar-refractivity contribution in [1.82, 2.24) is 5.32 Å². The molecule has 96 valence electrons. The lowest BCUT2D eigenvalue weighted by molar-refractivity contribution is -0.117. The van der Waals surface area contributed by atoms with Crippen molar-refractivity contribution in [2.75, 3.05) is 0 Å². The van der Waals surface area contributed by atoms with Crippen LogP contribution in [0.4, 0.5) is 0 Å². The van der Waals surface area contributed by atoms with Crippen molar-refractivity contribution in [1.29, 1.82) is 0 Å². The van der Waals surface area contributed by atoms with Crippen LogP contribution < -0.4 is 5.32 Å². The van der Waals surface area contributed by atoms with Gasteiger partial charge in [-0.2, -0.15) is 0 Å². The van der Waals surface area contributed by atoms with E-state index in [4.69, 9.17) is 23.2 Å². The maximum atomic E-state index is 11.7. The average Bonchev–Trinajstić information content (AvgIpc) is 2.80. The number of nitrogens with one attached hydrogen (secondary N) is 1. The maximum absolute atomic E-state index is 11.7. The van der Waals surface area contributed by atoms with E-state index in [2.05, 4.69) is 5.32 Å². The van der Waals surface area contributed by atoms with Gasteiger partial charge in [0.05, 0.1) is 0 Å². The SMILES string of the molecule is O=C(/C=C\c1ccc(Cl)cc1Cl)NC1CCCC1. The molecule has 0 unspecified atom stereocenters. The van der Waals surface area contributed by atoms with Crippen LogP contribution in [-0.4, -0.2) is 11.9 Å². The van der Waals surface area contributed by atoms with Crippen LogP contribution in [0.5, 0.6) is 0 Å². The molecule has 18 heavy (non-hydrogen) atoms. The van der Waals surface area contributed by atoms with Gasteiger partial charge in [0.2, 0.25) is 5.91 Å². The Bertz CT molecular complexity index is 465. The lowest BCUT2D eigenvalue weighted by Gasteiger charge is -2.09. The molecule has 1 amide bonds. The summed E-state index contributed by atoms with van der Waals surface area (Å²) in [6.45, 7) is 0. The molecular formula is C14H15Cl2NO. The van der Waals surface area contributed by atoms with Gasteiger partial charge < -0.3 is 5.32 Å². The first kappa shape index (κ1) is 13.4. The third kappa shape index (κ3) is 3.76. The van der Waals surface area contributed by atoms with Crippen LogP contribution in [0.25, 0.3) is 6.08 Å². The smallest absolute Gasteiger partial charge is 0.244 e. The molecular weight excluding hydrogens is 269 g/mol. The fourth-order valence-corrected chi connectivity index (χ4v) is 2.59. The van der Waals surface area contributed by atoms with E-state index in [-0.39, 0.29) is 5.91 Å². The molecule has 0 atom stereocenters. The lowest BCUT2D eigenvalue weighted by Crippen LogP contribution is -2.30. The molecule has 1 fully saturated rings. The van der Waals surface area contributed by atoms with Gasteiger partial charge in [0.15, 0.2) is 0 Å². The summed E-state index contributed by atoms with van der Waals surface area (Å²) in [5.74, 6) is -0.0621. The summed E-state index contributed by atoms with van der Waals surface area (Å²) in [6, 6.07) is 5.55. The molecule has 4 heteroatoms. The highest BCUT2D eigenvalue weighted by Crippen LogP contribution is 2.22. The zero-order chi connectivity index (χ0) is 13.0. The molecule has 2 nitrogen and oxygen atoms in total. The Morgan fingerprint density at radius 2 is 2.00 bits per heavy atom. The Labute approximate surface area is 117 Å². The van der Waals surface area contributed by atoms with Gasteiger partial charge in [-0.25, -0.2) is 0 Å². The Morgan fingerprint density at radius 1 is 1.28 bits per heavy atom. The number of hydrogen-bond acceptors (Lipinski definition) is 1. The minimum atomic E-state index is -0.0621. The number of benzene rings is 1. The van der Waals surface area contributed by atoms with Gasteiger partial charge in [-0.05, 0) is 36.6 Å². The summed E-state index contributed by atoms with van der Waals surface area (Å²) in [6.07, 6.45) is 7.81. The van der Waals surface area contributed by atoms with E-state index in [0.29, 0.717) is 16.1 Å². The molecule has 1 saturated carbocycles. The second-order valence-corrected chi connectivity index (χ2v) is 5.33. The van der Waals surface area contributed by atoms with Crippen molar-refractivity contribution in [3.05, 3.63) is 39.9 Å². The van der Waals surface area contributed by atoms with Crippen molar-refractivity contribution in [3.63, 3.8) is 0 Å². The highest BCUT2D eigenvalue weighted by atomic mass is 35.5. The van der Waals surface area contributed by atoms with Crippen molar-refractivity contribution >= 4 is 35.2 Å². The summed E-state index contributed by atoms with van der Waals surface area (Å²) >= 11 is 11.8. The summed E-state index contributed by atoms with van der Waals surface area (Å²) in [5.41, 5.74) is 0.794. The molecule has 1 aliphatic rings. The molecule has 2 rings (SSSR count). The molecule has 0 bridgehead atoms. The minimum Gasteiger partial charge on any atom is -0.350 e. The van der Waals surface area contributed by atoms with Gasteiger partial charge in [-0.1, -0.05) is 42.1 Å². The van der Waals surface area contributed by atoms with Gasteiger partial charge in [0.1, 0.15) is 0 Å². The molecule has 1 aromatic rings. The standard InChI is InChI=1S/C14H15Cl2NO/c15-11-7-5-10(13(16)9-11)6-8-14(18)17-12-3-1-2-4-12/h5-9,12H,1-4H2,(H,17,18)/b8-6-. The van der Waals surface area contributed by atoms with Crippen molar-refractivity contribution in [2.24, 2.45) is 0 Å². The summed E-state index contributed by atoms with van der Waals surface area (Å²) < 4.78 is 0. The number of carbonyl (C=O) groups excluding carboxylic acids is 1. The molecule has 0 heterocycles. The third-order valence-electron chi connectivity index (χ3n) is 3.08. The molecule has 0 saturated heterocycles. The minimum absolute atomic E-state index is 0.0621. The van der Waals surface area contributed by atoms with Gasteiger partial charge >= 0.3 is 0 Å². The quantitative estimate of drug-likeness (QED) is 0.833. The van der Waals surface area contributed by atoms with Gasteiger partial charge in [-0.3, -0.25) is 4.79 Å². The number of hydrogen-bond donors (Lipinski definition) is 1. The largest absolute Gasteiger partial charge is 0.350 e. The van der Waals surface area contributed by atoms with E-state index >= 15 is 0 Å². The summed E-state index contributed by atoms with van der Waals surface area (Å²) in [4.78, 5) is 11.7. The zero-order valence-electron chi connectivity index (χ0n) is 9.96. The highest BCUT2D eigenvalue weighted by Gasteiger charge is 2.15. The first-order chi connectivity index (χ1) is 8.65. The second kappa shape index (κ2) is 6.26. The van der Waals surface area contributed by atoms with E-state index in [1.807, 2.05) is 0 Å². The second-order valence-electron chi connectivity index (χ2n) is 4.49. The van der Waals surface area contributed by atoms with Crippen molar-refractivity contribution < 1.29 is 4.79 Å². The molecule has 0 aromatic heterocycles. The maximum Gasteiger partial charge on any atom is 0.244 e. The number of amides is 1. The van der Waals surface area contributed by atoms with Crippen LogP contribution in [0.2, 0.25) is 10.0 Å². The van der Waals surface area contributed by atoms with E-state index < -0.39 is 0 Å². The van der Waals surface area contributed by atoms with Crippen LogP contribution in [-0.2, 0) is 4.79 Å². The van der Waals surface area contributed by atoms with E-state index in [0.717, 1.165) is 18.4 Å². The summed E-state index contributed by atoms with van der Waals surface area (Å²) in [7, 11) is 0. The van der Waals surface area contributed by atoms with E-state index in [1.54, 1.807) is 24.3 Å². The molecule has 1 aliphatic carbocycles. The van der Waals surface area contributed by atoms with Gasteiger partial charge in [0.25, 0.3) is 0 Å². The van der Waals surface area contributed by atoms with Crippen LogP contribution in [0.3, 0.4) is 0 Å². The zero-order valence-corrected chi connectivity index (χ0v) is 11.5. The molecule has 1 N–H and O–H groups in total. The Balaban J connectivity index is 1.94. The normalized spacial score (nSPS) is 16.3. The monoisotopic (exact) mass is 283 g/mol. The Kier molecular flexibility index (Phi) is 4.67. The Hall–Kier alpha value is -0.990. The van der Waals surface area contributed by atoms with Crippen LogP contribution in [0.15, 0.2) is 24.3 Å². The van der Waals surface area contributed by atoms with Crippen LogP contribution >= 0.6 is 23.2 Å². The first-order valence-electron chi connectivity index (χ1n) is 6.09. The van der Waals surface area contributed by atoms with Gasteiger partial charge in [0, 0.05) is 22.2 Å². The van der Waals surface area contributed by atoms with Crippen molar-refractivity contribution in [3.8, 4) is 0 Å². The van der Waals surface area contributed by atoms with Crippen LogP contribution in [0, 0.1) is 0 Å². The fraction of sp³-hybridized carbons (Fsp3) is 0.357.